The van der Waals surface area contributed by atoms with Crippen LogP contribution in [-0.4, -0.2) is 25.0 Å². The van der Waals surface area contributed by atoms with Crippen LogP contribution < -0.4 is 26.4 Å². The molecule has 6 rings (SSSR count). The van der Waals surface area contributed by atoms with Crippen LogP contribution in [0, 0.1) is 0 Å². The molecule has 404 valence electrons. The lowest BCUT2D eigenvalue weighted by Crippen LogP contribution is -2.75. The number of Topliss-reactive ketones (excluding diaryl/α,β-unsaturated/α-hetero) is 1. The molecule has 6 aromatic rings. The molecular formula is C45H24BF24NO3S. The Balaban J connectivity index is 0.000000483. The number of rotatable bonds is 8. The summed E-state index contributed by atoms with van der Waals surface area (Å²) in [5, 5.41) is 1.91. The van der Waals surface area contributed by atoms with E-state index in [1.807, 2.05) is 21.7 Å². The smallest absolute Gasteiger partial charge is 0.416 e. The molecule has 1 aromatic heterocycles. The number of aromatic nitrogens is 1. The Morgan fingerprint density at radius 1 is 0.413 bits per heavy atom. The van der Waals surface area contributed by atoms with E-state index in [0.29, 0.717) is 17.7 Å². The van der Waals surface area contributed by atoms with Crippen molar-refractivity contribution in [3.05, 3.63) is 170 Å². The van der Waals surface area contributed by atoms with Crippen molar-refractivity contribution < 1.29 is 124 Å². The van der Waals surface area contributed by atoms with Gasteiger partial charge in [0.2, 0.25) is 17.8 Å². The maximum atomic E-state index is 14.2. The number of hydrogen-bond acceptors (Lipinski definition) is 4. The van der Waals surface area contributed by atoms with E-state index in [2.05, 4.69) is 4.74 Å². The summed E-state index contributed by atoms with van der Waals surface area (Å²) in [6, 6.07) is -2.34. The second kappa shape index (κ2) is 20.4. The van der Waals surface area contributed by atoms with Gasteiger partial charge in [-0.15, -0.1) is 0 Å². The van der Waals surface area contributed by atoms with Crippen LogP contribution in [0.4, 0.5) is 105 Å². The van der Waals surface area contributed by atoms with E-state index in [1.54, 1.807) is 24.3 Å². The molecule has 0 aliphatic carbocycles. The molecule has 0 spiro atoms. The third-order valence-corrected chi connectivity index (χ3v) is 11.6. The van der Waals surface area contributed by atoms with Crippen molar-refractivity contribution in [2.75, 3.05) is 7.11 Å². The molecule has 4 nitrogen and oxygen atoms in total. The number of ether oxygens (including phenoxy) is 1. The standard InChI is InChI=1S/C32H12BF24.C13H12NO3S/c34-25(35,36)13-1-14(26(37,38)39)6-21(5-13)33(22-7-15(27(40,41)42)2-16(8-22)28(43,44)45,23-9-17(29(46,47)48)3-18(10-23)30(49,50)51)24-11-19(31(52,53)54)4-20(12-24)32(55,56)57;1-17-13(16)11-4-2-10(3-5-11)12(15)8-14-6-7-18-9-14/h1-12H;2-7,9H,8H2,1H3/q-1;+1. The molecule has 0 amide bonds. The topological polar surface area (TPSA) is 47.3 Å². The summed E-state index contributed by atoms with van der Waals surface area (Å²) in [7, 11) is 1.33. The highest BCUT2D eigenvalue weighted by Gasteiger charge is 2.47. The number of carbonyl (C=O) groups excluding carboxylic acids is 2. The number of esters is 1. The molecule has 5 aromatic carbocycles. The van der Waals surface area contributed by atoms with Crippen LogP contribution >= 0.6 is 11.3 Å². The fourth-order valence-corrected chi connectivity index (χ4v) is 8.19. The minimum Gasteiger partial charge on any atom is -0.465 e. The lowest BCUT2D eigenvalue weighted by Gasteiger charge is -2.46. The van der Waals surface area contributed by atoms with Crippen LogP contribution in [0.1, 0.15) is 65.2 Å². The quantitative estimate of drug-likeness (QED) is 0.0502. The van der Waals surface area contributed by atoms with Crippen LogP contribution in [0.2, 0.25) is 0 Å². The molecule has 0 aliphatic heterocycles. The van der Waals surface area contributed by atoms with Gasteiger partial charge in [-0.1, -0.05) is 72.0 Å². The van der Waals surface area contributed by atoms with Crippen molar-refractivity contribution in [1.29, 1.82) is 0 Å². The number of benzene rings is 5. The number of thiazole rings is 1. The van der Waals surface area contributed by atoms with Crippen molar-refractivity contribution in [3.8, 4) is 0 Å². The van der Waals surface area contributed by atoms with E-state index < -0.39 is 201 Å². The first kappa shape index (κ1) is 59.1. The zero-order valence-electron chi connectivity index (χ0n) is 36.4. The molecule has 0 fully saturated rings. The van der Waals surface area contributed by atoms with Crippen molar-refractivity contribution in [3.63, 3.8) is 0 Å². The molecule has 30 heteroatoms. The predicted octanol–water partition coefficient (Wildman–Crippen LogP) is 12.9. The summed E-state index contributed by atoms with van der Waals surface area (Å²) in [4.78, 5) is 23.2. The molecule has 0 bridgehead atoms. The van der Waals surface area contributed by atoms with Crippen LogP contribution in [0.15, 0.2) is 114 Å². The van der Waals surface area contributed by atoms with Gasteiger partial charge in [0.1, 0.15) is 6.15 Å². The summed E-state index contributed by atoms with van der Waals surface area (Å²) < 4.78 is 347. The summed E-state index contributed by atoms with van der Waals surface area (Å²) in [5.74, 6) is -0.393. The molecule has 0 unspecified atom stereocenters. The first-order valence-electron chi connectivity index (χ1n) is 20.0. The van der Waals surface area contributed by atoms with Gasteiger partial charge in [0.25, 0.3) is 0 Å². The Kier molecular flexibility index (Phi) is 16.1. The molecule has 0 N–H and O–H groups in total. The number of hydrogen-bond donors (Lipinski definition) is 0. The second-order valence-corrected chi connectivity index (χ2v) is 16.7. The fourth-order valence-electron chi connectivity index (χ4n) is 7.59. The molecule has 0 saturated heterocycles. The first-order chi connectivity index (χ1) is 34.0. The fraction of sp³-hybridized carbons (Fsp3) is 0.222. The summed E-state index contributed by atoms with van der Waals surface area (Å²) in [5.41, 5.74) is -27.3. The molecule has 0 saturated carbocycles. The van der Waals surface area contributed by atoms with E-state index in [4.69, 9.17) is 0 Å². The summed E-state index contributed by atoms with van der Waals surface area (Å²) >= 11 is 1.54. The van der Waals surface area contributed by atoms with Crippen molar-refractivity contribution >= 4 is 51.1 Å². The number of ketones is 1. The SMILES string of the molecule is COC(=O)c1ccc(C(=O)C[n+]2ccsc2)cc1.FC(F)(F)c1cc([B-](c2cc(C(F)(F)F)cc(C(F)(F)F)c2)(c2cc(C(F)(F)F)cc(C(F)(F)F)c2)c2cc(C(F)(F)F)cc(C(F)(F)F)c2)cc(C(F)(F)F)c1. The number of alkyl halides is 24. The van der Waals surface area contributed by atoms with Gasteiger partial charge in [-0.2, -0.15) is 132 Å². The lowest BCUT2D eigenvalue weighted by atomic mass is 9.12. The van der Waals surface area contributed by atoms with Crippen molar-refractivity contribution in [2.24, 2.45) is 0 Å². The van der Waals surface area contributed by atoms with Gasteiger partial charge in [0.15, 0.2) is 6.20 Å². The number of carbonyl (C=O) groups is 2. The molecular weight excluding hydrogens is 1100 g/mol. The van der Waals surface area contributed by atoms with E-state index in [-0.39, 0.29) is 5.78 Å². The van der Waals surface area contributed by atoms with E-state index in [1.165, 1.54) is 18.4 Å². The highest BCUT2D eigenvalue weighted by molar-refractivity contribution is 7.20. The number of nitrogens with zero attached hydrogens (tertiary/aromatic N) is 1. The van der Waals surface area contributed by atoms with Crippen molar-refractivity contribution in [2.45, 2.75) is 56.0 Å². The first-order valence-corrected chi connectivity index (χ1v) is 20.9. The number of halogens is 24. The average molecular weight is 1130 g/mol. The van der Waals surface area contributed by atoms with Crippen LogP contribution in [0.5, 0.6) is 0 Å². The molecule has 0 radical (unpaired) electrons. The van der Waals surface area contributed by atoms with E-state index in [0.717, 1.165) is 0 Å². The Bertz CT molecular complexity index is 2600. The van der Waals surface area contributed by atoms with Crippen LogP contribution in [0.25, 0.3) is 0 Å². The summed E-state index contributed by atoms with van der Waals surface area (Å²) in [6.07, 6.45) is -53.0. The van der Waals surface area contributed by atoms with Gasteiger partial charge in [0, 0.05) is 5.56 Å². The third-order valence-electron chi connectivity index (χ3n) is 10.9. The maximum Gasteiger partial charge on any atom is 0.416 e. The van der Waals surface area contributed by atoms with Gasteiger partial charge in [-0.05, 0) is 36.4 Å². The largest absolute Gasteiger partial charge is 0.465 e. The van der Waals surface area contributed by atoms with Crippen LogP contribution in [0.3, 0.4) is 0 Å². The van der Waals surface area contributed by atoms with E-state index >= 15 is 0 Å². The molecule has 1 heterocycles. The zero-order chi connectivity index (χ0) is 56.9. The van der Waals surface area contributed by atoms with E-state index in [9.17, 15) is 115 Å². The maximum absolute atomic E-state index is 14.2. The van der Waals surface area contributed by atoms with Gasteiger partial charge < -0.3 is 4.74 Å². The Morgan fingerprint density at radius 2 is 0.653 bits per heavy atom. The van der Waals surface area contributed by atoms with Gasteiger partial charge in [-0.25, -0.2) is 4.79 Å². The second-order valence-electron chi connectivity index (χ2n) is 15.9. The molecule has 0 atom stereocenters. The molecule has 0 aliphatic rings. The highest BCUT2D eigenvalue weighted by Crippen LogP contribution is 2.41. The third kappa shape index (κ3) is 13.8. The minimum atomic E-state index is -6.13. The average Bonchev–Trinajstić information content (AvgIpc) is 3.79. The van der Waals surface area contributed by atoms with Crippen molar-refractivity contribution in [1.82, 2.24) is 0 Å². The Labute approximate surface area is 407 Å². The highest BCUT2D eigenvalue weighted by atomic mass is 32.1. The number of methoxy groups -OCH3 is 1. The zero-order valence-corrected chi connectivity index (χ0v) is 37.2. The van der Waals surface area contributed by atoms with Gasteiger partial charge in [0.05, 0.1) is 62.6 Å². The minimum absolute atomic E-state index is 0.00909. The Morgan fingerprint density at radius 3 is 0.853 bits per heavy atom. The van der Waals surface area contributed by atoms with Gasteiger partial charge >= 0.3 is 55.4 Å². The monoisotopic (exact) mass is 1130 g/mol. The normalized spacial score (nSPS) is 13.3. The van der Waals surface area contributed by atoms with Gasteiger partial charge in [-0.3, -0.25) is 4.79 Å². The Hall–Kier alpha value is -6.75. The lowest BCUT2D eigenvalue weighted by molar-refractivity contribution is -0.678. The van der Waals surface area contributed by atoms with Crippen LogP contribution in [-0.2, 0) is 60.7 Å². The molecule has 75 heavy (non-hydrogen) atoms. The summed E-state index contributed by atoms with van der Waals surface area (Å²) in [6.45, 7) is 0.307. The predicted molar refractivity (Wildman–Crippen MR) is 217 cm³/mol.